The lowest BCUT2D eigenvalue weighted by Gasteiger charge is -2.43. The minimum absolute atomic E-state index is 0.0305. The largest absolute Gasteiger partial charge is 0.465 e. The van der Waals surface area contributed by atoms with Crippen LogP contribution in [0.3, 0.4) is 0 Å². The monoisotopic (exact) mass is 762 g/mol. The van der Waals surface area contributed by atoms with Gasteiger partial charge in [0.1, 0.15) is 29.5 Å². The molecule has 0 aliphatic carbocycles. The van der Waals surface area contributed by atoms with E-state index < -0.39 is 70.1 Å². The number of carbonyl (C=O) groups is 5. The predicted octanol–water partition coefficient (Wildman–Crippen LogP) is 6.10. The van der Waals surface area contributed by atoms with Crippen LogP contribution in [0.4, 0.5) is 9.18 Å². The maximum atomic E-state index is 15.3. The molecule has 13 heteroatoms. The molecule has 0 saturated heterocycles. The molecule has 3 aromatic carbocycles. The number of nitrogens with zero attached hydrogens (tertiary/aromatic N) is 3. The fraction of sp³-hybridized carbons (Fsp3) is 0.439. The van der Waals surface area contributed by atoms with Crippen molar-refractivity contribution in [1.29, 1.82) is 0 Å². The van der Waals surface area contributed by atoms with Crippen LogP contribution in [0.1, 0.15) is 87.1 Å². The zero-order valence-electron chi connectivity index (χ0n) is 32.4. The van der Waals surface area contributed by atoms with Crippen molar-refractivity contribution >= 4 is 42.4 Å². The van der Waals surface area contributed by atoms with E-state index in [0.717, 1.165) is 16.0 Å². The number of amides is 4. The SMILES string of the molecule is COC(=O)c1ccc(CN(C(=O)C2Cc3ccccc3CN2C(=O)C(NC(=O)C(C)N(C)C(=O)OC(C)(C)C)C(C)(C)S)C(C)c2ccccc2F)cc1. The van der Waals surface area contributed by atoms with Crippen molar-refractivity contribution in [2.24, 2.45) is 0 Å². The minimum atomic E-state index is -1.23. The van der Waals surface area contributed by atoms with Gasteiger partial charge in [0.25, 0.3) is 0 Å². The zero-order chi connectivity index (χ0) is 40.1. The molecule has 4 atom stereocenters. The Bertz CT molecular complexity index is 1860. The number of likely N-dealkylation sites (N-methyl/N-ethyl adjacent to an activating group) is 1. The van der Waals surface area contributed by atoms with Gasteiger partial charge in [-0.1, -0.05) is 54.6 Å². The highest BCUT2D eigenvalue weighted by Crippen LogP contribution is 2.32. The van der Waals surface area contributed by atoms with Gasteiger partial charge < -0.3 is 24.6 Å². The third-order valence-electron chi connectivity index (χ3n) is 9.53. The number of rotatable bonds is 11. The minimum Gasteiger partial charge on any atom is -0.465 e. The molecule has 4 unspecified atom stereocenters. The van der Waals surface area contributed by atoms with Crippen LogP contribution in [0, 0.1) is 5.82 Å². The standard InChI is InChI=1S/C41H51FN4O7S/c1-25(31-16-12-13-17-32(31)42)45(23-27-18-20-28(21-19-27)38(50)52-9)36(48)33-22-29-14-10-11-15-30(29)24-46(33)37(49)34(41(6,7)54)43-35(47)26(2)44(8)39(51)53-40(3,4)5/h10-21,25-26,33-34,54H,22-24H2,1-9H3,(H,43,47). The second kappa shape index (κ2) is 17.0. The van der Waals surface area contributed by atoms with E-state index in [-0.39, 0.29) is 25.1 Å². The highest BCUT2D eigenvalue weighted by Gasteiger charge is 2.45. The van der Waals surface area contributed by atoms with Gasteiger partial charge in [-0.3, -0.25) is 19.3 Å². The van der Waals surface area contributed by atoms with Crippen molar-refractivity contribution in [3.05, 3.63) is 106 Å². The Morgan fingerprint density at radius 3 is 2.09 bits per heavy atom. The molecule has 0 spiro atoms. The van der Waals surface area contributed by atoms with Crippen LogP contribution in [0.25, 0.3) is 0 Å². The van der Waals surface area contributed by atoms with E-state index in [1.807, 2.05) is 24.3 Å². The van der Waals surface area contributed by atoms with Crippen LogP contribution in [0.5, 0.6) is 0 Å². The van der Waals surface area contributed by atoms with Gasteiger partial charge in [0, 0.05) is 36.9 Å². The third kappa shape index (κ3) is 9.99. The highest BCUT2D eigenvalue weighted by atomic mass is 32.1. The lowest BCUT2D eigenvalue weighted by molar-refractivity contribution is -0.151. The average Bonchev–Trinajstić information content (AvgIpc) is 3.12. The maximum Gasteiger partial charge on any atom is 0.410 e. The summed E-state index contributed by atoms with van der Waals surface area (Å²) in [5.74, 6) is -2.61. The van der Waals surface area contributed by atoms with Crippen molar-refractivity contribution in [1.82, 2.24) is 20.0 Å². The normalized spacial score (nSPS) is 15.9. The van der Waals surface area contributed by atoms with Crippen LogP contribution >= 0.6 is 12.6 Å². The molecule has 1 heterocycles. The first kappa shape index (κ1) is 41.8. The quantitative estimate of drug-likeness (QED) is 0.179. The number of thiol groups is 1. The summed E-state index contributed by atoms with van der Waals surface area (Å²) in [6.07, 6.45) is -0.547. The van der Waals surface area contributed by atoms with Crippen LogP contribution in [-0.4, -0.2) is 87.1 Å². The molecule has 4 rings (SSSR count). The van der Waals surface area contributed by atoms with Crippen molar-refractivity contribution < 1.29 is 37.8 Å². The molecule has 4 amide bonds. The lowest BCUT2D eigenvalue weighted by atomic mass is 9.90. The molecular weight excluding hydrogens is 712 g/mol. The molecule has 0 saturated carbocycles. The smallest absolute Gasteiger partial charge is 0.410 e. The fourth-order valence-electron chi connectivity index (χ4n) is 6.25. The maximum absolute atomic E-state index is 15.3. The summed E-state index contributed by atoms with van der Waals surface area (Å²) < 4.78 is 24.4. The number of nitrogens with one attached hydrogen (secondary N) is 1. The second-order valence-electron chi connectivity index (χ2n) is 15.2. The van der Waals surface area contributed by atoms with Gasteiger partial charge in [-0.05, 0) is 83.4 Å². The number of ether oxygens (including phenoxy) is 2. The van der Waals surface area contributed by atoms with Crippen LogP contribution in [0.15, 0.2) is 72.8 Å². The molecule has 0 radical (unpaired) electrons. The van der Waals surface area contributed by atoms with Gasteiger partial charge in [-0.15, -0.1) is 0 Å². The first-order chi connectivity index (χ1) is 25.2. The van der Waals surface area contributed by atoms with Crippen molar-refractivity contribution in [3.8, 4) is 0 Å². The van der Waals surface area contributed by atoms with Gasteiger partial charge in [0.2, 0.25) is 17.7 Å². The molecule has 3 aromatic rings. The Morgan fingerprint density at radius 1 is 0.926 bits per heavy atom. The first-order valence-corrected chi connectivity index (χ1v) is 18.3. The lowest BCUT2D eigenvalue weighted by Crippen LogP contribution is -2.63. The Balaban J connectivity index is 1.73. The topological polar surface area (TPSA) is 126 Å². The van der Waals surface area contributed by atoms with E-state index in [9.17, 15) is 19.2 Å². The van der Waals surface area contributed by atoms with Gasteiger partial charge in [-0.25, -0.2) is 14.0 Å². The summed E-state index contributed by atoms with van der Waals surface area (Å²) in [5, 5.41) is 2.81. The number of fused-ring (bicyclic) bond motifs is 1. The molecule has 54 heavy (non-hydrogen) atoms. The summed E-state index contributed by atoms with van der Waals surface area (Å²) in [7, 11) is 2.72. The molecule has 1 aliphatic rings. The van der Waals surface area contributed by atoms with Crippen LogP contribution in [-0.2, 0) is 43.4 Å². The van der Waals surface area contributed by atoms with E-state index in [0.29, 0.717) is 11.1 Å². The predicted molar refractivity (Wildman–Crippen MR) is 206 cm³/mol. The van der Waals surface area contributed by atoms with Crippen molar-refractivity contribution in [2.75, 3.05) is 14.2 Å². The first-order valence-electron chi connectivity index (χ1n) is 17.8. The zero-order valence-corrected chi connectivity index (χ0v) is 33.3. The van der Waals surface area contributed by atoms with Crippen LogP contribution in [0.2, 0.25) is 0 Å². The molecule has 0 aromatic heterocycles. The molecule has 0 bridgehead atoms. The highest BCUT2D eigenvalue weighted by molar-refractivity contribution is 7.81. The summed E-state index contributed by atoms with van der Waals surface area (Å²) in [4.78, 5) is 72.5. The van der Waals surface area contributed by atoms with E-state index >= 15 is 9.18 Å². The Hall–Kier alpha value is -4.91. The van der Waals surface area contributed by atoms with E-state index in [1.165, 1.54) is 36.9 Å². The summed E-state index contributed by atoms with van der Waals surface area (Å²) in [5.41, 5.74) is 2.20. The summed E-state index contributed by atoms with van der Waals surface area (Å²) in [6, 6.07) is 16.2. The third-order valence-corrected chi connectivity index (χ3v) is 9.79. The number of methoxy groups -OCH3 is 1. The molecular formula is C41H51FN4O7S. The van der Waals surface area contributed by atoms with E-state index in [1.54, 1.807) is 84.0 Å². The van der Waals surface area contributed by atoms with Crippen molar-refractivity contribution in [2.45, 2.75) is 102 Å². The van der Waals surface area contributed by atoms with Gasteiger partial charge in [0.05, 0.1) is 18.7 Å². The van der Waals surface area contributed by atoms with E-state index in [4.69, 9.17) is 22.1 Å². The van der Waals surface area contributed by atoms with E-state index in [2.05, 4.69) is 5.32 Å². The molecule has 1 aliphatic heterocycles. The number of carbonyl (C=O) groups excluding carboxylic acids is 5. The molecule has 1 N–H and O–H groups in total. The number of halogens is 1. The summed E-state index contributed by atoms with van der Waals surface area (Å²) in [6.45, 7) is 11.9. The average molecular weight is 763 g/mol. The van der Waals surface area contributed by atoms with Gasteiger partial charge >= 0.3 is 12.1 Å². The van der Waals surface area contributed by atoms with Gasteiger partial charge in [-0.2, -0.15) is 12.6 Å². The Morgan fingerprint density at radius 2 is 1.52 bits per heavy atom. The Labute approximate surface area is 322 Å². The molecule has 11 nitrogen and oxygen atoms in total. The van der Waals surface area contributed by atoms with Gasteiger partial charge in [0.15, 0.2) is 0 Å². The van der Waals surface area contributed by atoms with Crippen LogP contribution < -0.4 is 5.32 Å². The number of hydrogen-bond acceptors (Lipinski definition) is 8. The second-order valence-corrected chi connectivity index (χ2v) is 16.3. The summed E-state index contributed by atoms with van der Waals surface area (Å²) >= 11 is 4.73. The van der Waals surface area contributed by atoms with Crippen molar-refractivity contribution in [3.63, 3.8) is 0 Å². The molecule has 0 fully saturated rings. The number of benzene rings is 3. The fourth-order valence-corrected chi connectivity index (χ4v) is 6.43. The molecule has 290 valence electrons. The number of esters is 1. The number of hydrogen-bond donors (Lipinski definition) is 2. The Kier molecular flexibility index (Phi) is 13.2.